The lowest BCUT2D eigenvalue weighted by Crippen LogP contribution is -2.13. The molecule has 4 heteroatoms. The molecule has 1 aromatic heterocycles. The highest BCUT2D eigenvalue weighted by Crippen LogP contribution is 2.13. The van der Waals surface area contributed by atoms with Crippen LogP contribution in [0.5, 0.6) is 0 Å². The summed E-state index contributed by atoms with van der Waals surface area (Å²) < 4.78 is 14.8. The first-order chi connectivity index (χ1) is 9.17. The lowest BCUT2D eigenvalue weighted by molar-refractivity contribution is 0.383. The molecule has 0 aliphatic heterocycles. The zero-order chi connectivity index (χ0) is 13.8. The van der Waals surface area contributed by atoms with Crippen LogP contribution in [-0.4, -0.2) is 12.4 Å². The fourth-order valence-electron chi connectivity index (χ4n) is 2.04. The normalized spacial score (nSPS) is 11.9. The second-order valence-corrected chi connectivity index (χ2v) is 4.39. The van der Waals surface area contributed by atoms with E-state index in [2.05, 4.69) is 0 Å². The van der Waals surface area contributed by atoms with Crippen LogP contribution in [0.25, 0.3) is 17.0 Å². The third kappa shape index (κ3) is 2.68. The van der Waals surface area contributed by atoms with E-state index >= 15 is 0 Å². The molecule has 0 saturated carbocycles. The molecular formula is C15H15BFNO. The minimum atomic E-state index is -0.657. The summed E-state index contributed by atoms with van der Waals surface area (Å²) in [6, 6.07) is 6.92. The second-order valence-electron chi connectivity index (χ2n) is 4.39. The first-order valence-electron chi connectivity index (χ1n) is 6.17. The predicted molar refractivity (Wildman–Crippen MR) is 81.3 cm³/mol. The maximum absolute atomic E-state index is 13.3. The van der Waals surface area contributed by atoms with Crippen LogP contribution in [0.3, 0.4) is 0 Å². The molecule has 0 aliphatic carbocycles. The summed E-state index contributed by atoms with van der Waals surface area (Å²) in [7, 11) is 1.93. The quantitative estimate of drug-likeness (QED) is 0.605. The van der Waals surface area contributed by atoms with Crippen LogP contribution in [-0.2, 0) is 6.80 Å². The van der Waals surface area contributed by atoms with Gasteiger partial charge < -0.3 is 4.57 Å². The van der Waals surface area contributed by atoms with Crippen molar-refractivity contribution in [2.45, 2.75) is 13.7 Å². The summed E-state index contributed by atoms with van der Waals surface area (Å²) in [5, 5.41) is 0.548. The van der Waals surface area contributed by atoms with E-state index in [9.17, 15) is 9.18 Å². The van der Waals surface area contributed by atoms with Crippen molar-refractivity contribution in [1.82, 2.24) is 4.57 Å². The molecule has 0 fully saturated rings. The summed E-state index contributed by atoms with van der Waals surface area (Å²) in [4.78, 5) is 12.0. The Morgan fingerprint density at radius 1 is 1.32 bits per heavy atom. The van der Waals surface area contributed by atoms with Crippen molar-refractivity contribution in [1.29, 1.82) is 0 Å². The molecule has 0 atom stereocenters. The first kappa shape index (κ1) is 13.3. The van der Waals surface area contributed by atoms with Crippen LogP contribution in [0.15, 0.2) is 47.3 Å². The van der Waals surface area contributed by atoms with Crippen LogP contribution < -0.4 is 10.9 Å². The molecule has 96 valence electrons. The van der Waals surface area contributed by atoms with Gasteiger partial charge in [0.1, 0.15) is 7.85 Å². The van der Waals surface area contributed by atoms with Gasteiger partial charge in [0, 0.05) is 17.1 Å². The Morgan fingerprint density at radius 2 is 2.11 bits per heavy atom. The Morgan fingerprint density at radius 3 is 2.79 bits per heavy atom. The van der Waals surface area contributed by atoms with Crippen molar-refractivity contribution < 1.29 is 4.39 Å². The minimum Gasteiger partial charge on any atom is -0.312 e. The van der Waals surface area contributed by atoms with Crippen LogP contribution in [0.1, 0.15) is 12.6 Å². The number of benzene rings is 1. The smallest absolute Gasteiger partial charge is 0.190 e. The van der Waals surface area contributed by atoms with Gasteiger partial charge in [0.2, 0.25) is 0 Å². The van der Waals surface area contributed by atoms with Gasteiger partial charge in [0.15, 0.2) is 12.2 Å². The Kier molecular flexibility index (Phi) is 4.00. The number of fused-ring (bicyclic) bond motifs is 1. The highest BCUT2D eigenvalue weighted by Gasteiger charge is 2.07. The molecule has 0 amide bonds. The summed E-state index contributed by atoms with van der Waals surface area (Å²) in [6.07, 6.45) is 7.25. The Bertz CT molecular complexity index is 716. The van der Waals surface area contributed by atoms with Gasteiger partial charge in [-0.25, -0.2) is 4.39 Å². The van der Waals surface area contributed by atoms with E-state index in [0.717, 1.165) is 5.46 Å². The van der Waals surface area contributed by atoms with E-state index in [1.165, 1.54) is 10.6 Å². The number of rotatable bonds is 3. The third-order valence-corrected chi connectivity index (χ3v) is 2.99. The zero-order valence-corrected chi connectivity index (χ0v) is 11.1. The predicted octanol–water partition coefficient (Wildman–Crippen LogP) is 1.78. The standard InChI is InChI=1S/C15H15BFNO/c1-2-3-4-5-12-9-15(19)13-7-6-11(16)8-14(13)18(12)10-17/h2-9H,10,16H2,1H3/b3-2-,5-4-. The van der Waals surface area contributed by atoms with Gasteiger partial charge in [-0.2, -0.15) is 0 Å². The van der Waals surface area contributed by atoms with E-state index < -0.39 is 6.80 Å². The summed E-state index contributed by atoms with van der Waals surface area (Å²) in [5.41, 5.74) is 2.13. The molecule has 0 aliphatic rings. The summed E-state index contributed by atoms with van der Waals surface area (Å²) in [5.74, 6) is 0. The van der Waals surface area contributed by atoms with Gasteiger partial charge in [-0.15, -0.1) is 0 Å². The number of pyridine rings is 1. The van der Waals surface area contributed by atoms with Gasteiger partial charge in [-0.05, 0) is 25.1 Å². The van der Waals surface area contributed by atoms with Gasteiger partial charge >= 0.3 is 0 Å². The highest BCUT2D eigenvalue weighted by atomic mass is 19.1. The number of alkyl halides is 1. The summed E-state index contributed by atoms with van der Waals surface area (Å²) in [6.45, 7) is 1.24. The number of aromatic nitrogens is 1. The molecule has 0 radical (unpaired) electrons. The van der Waals surface area contributed by atoms with E-state index in [4.69, 9.17) is 0 Å². The van der Waals surface area contributed by atoms with E-state index in [0.29, 0.717) is 16.6 Å². The molecule has 0 spiro atoms. The number of hydrogen-bond acceptors (Lipinski definition) is 1. The van der Waals surface area contributed by atoms with Crippen LogP contribution >= 0.6 is 0 Å². The van der Waals surface area contributed by atoms with Gasteiger partial charge in [0.05, 0.1) is 5.52 Å². The molecule has 2 rings (SSSR count). The molecule has 1 aromatic carbocycles. The number of allylic oxidation sites excluding steroid dienone is 3. The molecular weight excluding hydrogens is 240 g/mol. The van der Waals surface area contributed by atoms with Crippen LogP contribution in [0.4, 0.5) is 4.39 Å². The van der Waals surface area contributed by atoms with Crippen molar-refractivity contribution in [3.63, 3.8) is 0 Å². The van der Waals surface area contributed by atoms with E-state index in [1.807, 2.05) is 39.1 Å². The van der Waals surface area contributed by atoms with Gasteiger partial charge in [-0.3, -0.25) is 4.79 Å². The molecule has 0 bridgehead atoms. The van der Waals surface area contributed by atoms with Gasteiger partial charge in [0.25, 0.3) is 0 Å². The third-order valence-electron chi connectivity index (χ3n) is 2.99. The van der Waals surface area contributed by atoms with E-state index in [-0.39, 0.29) is 5.43 Å². The Hall–Kier alpha value is -2.10. The average molecular weight is 255 g/mol. The number of nitrogens with zero attached hydrogens (tertiary/aromatic N) is 1. The fraction of sp³-hybridized carbons (Fsp3) is 0.133. The van der Waals surface area contributed by atoms with Crippen molar-refractivity contribution in [3.05, 3.63) is 58.4 Å². The minimum absolute atomic E-state index is 0.0835. The second kappa shape index (κ2) is 5.70. The van der Waals surface area contributed by atoms with E-state index in [1.54, 1.807) is 18.2 Å². The average Bonchev–Trinajstić information content (AvgIpc) is 2.39. The SMILES string of the molecule is Bc1ccc2c(=O)cc(/C=C\C=C/C)n(CF)c2c1. The molecule has 1 heterocycles. The number of halogens is 1. The topological polar surface area (TPSA) is 22.0 Å². The molecule has 0 saturated heterocycles. The first-order valence-corrected chi connectivity index (χ1v) is 6.17. The lowest BCUT2D eigenvalue weighted by Gasteiger charge is -2.11. The van der Waals surface area contributed by atoms with Crippen LogP contribution in [0, 0.1) is 0 Å². The molecule has 2 nitrogen and oxygen atoms in total. The Balaban J connectivity index is 2.75. The molecule has 19 heavy (non-hydrogen) atoms. The van der Waals surface area contributed by atoms with Crippen molar-refractivity contribution in [2.75, 3.05) is 0 Å². The lowest BCUT2D eigenvalue weighted by atomic mass is 9.95. The molecule has 0 N–H and O–H groups in total. The highest BCUT2D eigenvalue weighted by molar-refractivity contribution is 6.33. The largest absolute Gasteiger partial charge is 0.312 e. The monoisotopic (exact) mass is 255 g/mol. The summed E-state index contributed by atoms with van der Waals surface area (Å²) >= 11 is 0. The van der Waals surface area contributed by atoms with Crippen molar-refractivity contribution >= 4 is 30.3 Å². The molecule has 0 unspecified atom stereocenters. The maximum Gasteiger partial charge on any atom is 0.190 e. The molecule has 2 aromatic rings. The van der Waals surface area contributed by atoms with Crippen molar-refractivity contribution in [3.8, 4) is 0 Å². The zero-order valence-electron chi connectivity index (χ0n) is 11.1. The Labute approximate surface area is 112 Å². The van der Waals surface area contributed by atoms with Crippen molar-refractivity contribution in [2.24, 2.45) is 0 Å². The maximum atomic E-state index is 13.3. The fourth-order valence-corrected chi connectivity index (χ4v) is 2.04. The number of hydrogen-bond donors (Lipinski definition) is 0. The van der Waals surface area contributed by atoms with Gasteiger partial charge in [-0.1, -0.05) is 29.8 Å². The van der Waals surface area contributed by atoms with Crippen LogP contribution in [0.2, 0.25) is 0 Å².